The number of hydrogen-bond acceptors (Lipinski definition) is 2. The van der Waals surface area contributed by atoms with Gasteiger partial charge in [0.15, 0.2) is 0 Å². The number of aromatic nitrogens is 2. The van der Waals surface area contributed by atoms with Gasteiger partial charge in [-0.25, -0.2) is 4.98 Å². The molecule has 1 unspecified atom stereocenters. The van der Waals surface area contributed by atoms with Crippen molar-refractivity contribution in [1.82, 2.24) is 9.55 Å². The highest BCUT2D eigenvalue weighted by atomic mass is 15.1. The van der Waals surface area contributed by atoms with E-state index in [9.17, 15) is 0 Å². The van der Waals surface area contributed by atoms with Crippen LogP contribution in [0.2, 0.25) is 0 Å². The molecule has 0 aromatic carbocycles. The molecule has 0 aliphatic heterocycles. The topological polar surface area (TPSA) is 43.8 Å². The van der Waals surface area contributed by atoms with E-state index in [2.05, 4.69) is 23.4 Å². The van der Waals surface area contributed by atoms with E-state index in [0.29, 0.717) is 6.04 Å². The van der Waals surface area contributed by atoms with Crippen molar-refractivity contribution in [2.45, 2.75) is 52.1 Å². The van der Waals surface area contributed by atoms with Gasteiger partial charge < -0.3 is 10.3 Å². The molecule has 0 bridgehead atoms. The van der Waals surface area contributed by atoms with Gasteiger partial charge in [-0.3, -0.25) is 0 Å². The zero-order valence-corrected chi connectivity index (χ0v) is 9.62. The Kier molecular flexibility index (Phi) is 3.32. The molecule has 0 aliphatic rings. The van der Waals surface area contributed by atoms with Gasteiger partial charge in [-0.2, -0.15) is 0 Å². The van der Waals surface area contributed by atoms with Gasteiger partial charge >= 0.3 is 0 Å². The van der Waals surface area contributed by atoms with Crippen LogP contribution in [0.25, 0.3) is 0 Å². The molecule has 3 heteroatoms. The van der Waals surface area contributed by atoms with Crippen molar-refractivity contribution in [3.05, 3.63) is 18.2 Å². The minimum atomic E-state index is -0.307. The molecule has 0 amide bonds. The van der Waals surface area contributed by atoms with Crippen molar-refractivity contribution in [3.8, 4) is 0 Å². The third kappa shape index (κ3) is 2.35. The average Bonchev–Trinajstić information content (AvgIpc) is 2.50. The fourth-order valence-corrected chi connectivity index (χ4v) is 1.71. The summed E-state index contributed by atoms with van der Waals surface area (Å²) in [4.78, 5) is 4.17. The second kappa shape index (κ2) is 4.13. The lowest BCUT2D eigenvalue weighted by Gasteiger charge is -2.24. The molecule has 0 fully saturated rings. The standard InChI is InChI=1S/C11H21N3/c1-5-6-9(2)14-8-13-7-10(14)11(3,4)12/h7-9H,5-6,12H2,1-4H3. The van der Waals surface area contributed by atoms with Crippen LogP contribution in [-0.4, -0.2) is 9.55 Å². The quantitative estimate of drug-likeness (QED) is 0.802. The molecule has 3 nitrogen and oxygen atoms in total. The zero-order valence-electron chi connectivity index (χ0n) is 9.62. The van der Waals surface area contributed by atoms with Crippen molar-refractivity contribution >= 4 is 0 Å². The molecule has 0 saturated carbocycles. The summed E-state index contributed by atoms with van der Waals surface area (Å²) in [5.74, 6) is 0. The van der Waals surface area contributed by atoms with E-state index >= 15 is 0 Å². The van der Waals surface area contributed by atoms with Crippen LogP contribution in [0.4, 0.5) is 0 Å². The lowest BCUT2D eigenvalue weighted by atomic mass is 10.0. The minimum Gasteiger partial charge on any atom is -0.330 e. The molecule has 14 heavy (non-hydrogen) atoms. The van der Waals surface area contributed by atoms with Gasteiger partial charge in [-0.05, 0) is 27.2 Å². The summed E-state index contributed by atoms with van der Waals surface area (Å²) in [7, 11) is 0. The molecule has 1 rings (SSSR count). The van der Waals surface area contributed by atoms with E-state index in [1.54, 1.807) is 0 Å². The van der Waals surface area contributed by atoms with Crippen molar-refractivity contribution in [2.24, 2.45) is 5.73 Å². The Labute approximate surface area is 86.3 Å². The molecule has 0 saturated heterocycles. The maximum Gasteiger partial charge on any atom is 0.0951 e. The van der Waals surface area contributed by atoms with E-state index in [0.717, 1.165) is 5.69 Å². The van der Waals surface area contributed by atoms with E-state index in [4.69, 9.17) is 5.73 Å². The lowest BCUT2D eigenvalue weighted by Crippen LogP contribution is -2.32. The van der Waals surface area contributed by atoms with Gasteiger partial charge in [0, 0.05) is 12.2 Å². The molecular formula is C11H21N3. The highest BCUT2D eigenvalue weighted by Crippen LogP contribution is 2.22. The van der Waals surface area contributed by atoms with Crippen LogP contribution in [0, 0.1) is 0 Å². The molecule has 1 heterocycles. The number of rotatable bonds is 4. The van der Waals surface area contributed by atoms with Crippen LogP contribution in [0.3, 0.4) is 0 Å². The predicted molar refractivity (Wildman–Crippen MR) is 59.1 cm³/mol. The smallest absolute Gasteiger partial charge is 0.0951 e. The van der Waals surface area contributed by atoms with Crippen molar-refractivity contribution in [3.63, 3.8) is 0 Å². The molecular weight excluding hydrogens is 174 g/mol. The van der Waals surface area contributed by atoms with Crippen LogP contribution < -0.4 is 5.73 Å². The van der Waals surface area contributed by atoms with Gasteiger partial charge in [0.05, 0.1) is 17.6 Å². The molecule has 0 radical (unpaired) electrons. The molecule has 80 valence electrons. The van der Waals surface area contributed by atoms with E-state index < -0.39 is 0 Å². The summed E-state index contributed by atoms with van der Waals surface area (Å²) in [5.41, 5.74) is 6.88. The second-order valence-corrected chi connectivity index (χ2v) is 4.55. The summed E-state index contributed by atoms with van der Waals surface area (Å²) in [6.07, 6.45) is 6.10. The highest BCUT2D eigenvalue weighted by Gasteiger charge is 2.20. The maximum absolute atomic E-state index is 6.08. The second-order valence-electron chi connectivity index (χ2n) is 4.55. The molecule has 0 spiro atoms. The molecule has 1 atom stereocenters. The summed E-state index contributed by atoms with van der Waals surface area (Å²) in [6, 6.07) is 0.486. The number of nitrogens with two attached hydrogens (primary N) is 1. The predicted octanol–water partition coefficient (Wildman–Crippen LogP) is 2.44. The Balaban J connectivity index is 2.93. The van der Waals surface area contributed by atoms with Gasteiger partial charge in [0.1, 0.15) is 0 Å². The zero-order chi connectivity index (χ0) is 10.8. The normalized spacial score (nSPS) is 14.4. The Morgan fingerprint density at radius 1 is 1.57 bits per heavy atom. The van der Waals surface area contributed by atoms with Gasteiger partial charge in [0.2, 0.25) is 0 Å². The van der Waals surface area contributed by atoms with Crippen molar-refractivity contribution in [2.75, 3.05) is 0 Å². The van der Waals surface area contributed by atoms with Gasteiger partial charge in [-0.15, -0.1) is 0 Å². The lowest BCUT2D eigenvalue weighted by molar-refractivity contribution is 0.430. The number of hydrogen-bond donors (Lipinski definition) is 1. The molecule has 2 N–H and O–H groups in total. The van der Waals surface area contributed by atoms with Crippen LogP contribution in [-0.2, 0) is 5.54 Å². The maximum atomic E-state index is 6.08. The van der Waals surface area contributed by atoms with Gasteiger partial charge in [0.25, 0.3) is 0 Å². The molecule has 0 aliphatic carbocycles. The van der Waals surface area contributed by atoms with Crippen LogP contribution >= 0.6 is 0 Å². The van der Waals surface area contributed by atoms with Crippen LogP contribution in [0.1, 0.15) is 52.3 Å². The Hall–Kier alpha value is -0.830. The Bertz CT molecular complexity index is 283. The number of nitrogens with zero attached hydrogens (tertiary/aromatic N) is 2. The van der Waals surface area contributed by atoms with E-state index in [-0.39, 0.29) is 5.54 Å². The summed E-state index contributed by atoms with van der Waals surface area (Å²) < 4.78 is 2.18. The minimum absolute atomic E-state index is 0.307. The number of imidazole rings is 1. The summed E-state index contributed by atoms with van der Waals surface area (Å²) >= 11 is 0. The third-order valence-electron chi connectivity index (χ3n) is 2.51. The first-order valence-electron chi connectivity index (χ1n) is 5.28. The van der Waals surface area contributed by atoms with Crippen molar-refractivity contribution in [1.29, 1.82) is 0 Å². The summed E-state index contributed by atoms with van der Waals surface area (Å²) in [5, 5.41) is 0. The van der Waals surface area contributed by atoms with Gasteiger partial charge in [-0.1, -0.05) is 13.3 Å². The van der Waals surface area contributed by atoms with E-state index in [1.807, 2.05) is 26.4 Å². The fraction of sp³-hybridized carbons (Fsp3) is 0.727. The van der Waals surface area contributed by atoms with Crippen LogP contribution in [0.15, 0.2) is 12.5 Å². The monoisotopic (exact) mass is 195 g/mol. The summed E-state index contributed by atoms with van der Waals surface area (Å²) in [6.45, 7) is 8.43. The first-order chi connectivity index (χ1) is 6.46. The first-order valence-corrected chi connectivity index (χ1v) is 5.28. The first kappa shape index (κ1) is 11.2. The third-order valence-corrected chi connectivity index (χ3v) is 2.51. The molecule has 1 aromatic rings. The van der Waals surface area contributed by atoms with E-state index in [1.165, 1.54) is 12.8 Å². The Morgan fingerprint density at radius 3 is 2.71 bits per heavy atom. The Morgan fingerprint density at radius 2 is 2.21 bits per heavy atom. The fourth-order valence-electron chi connectivity index (χ4n) is 1.71. The van der Waals surface area contributed by atoms with Crippen LogP contribution in [0.5, 0.6) is 0 Å². The average molecular weight is 195 g/mol. The highest BCUT2D eigenvalue weighted by molar-refractivity contribution is 5.10. The SMILES string of the molecule is CCCC(C)n1cncc1C(C)(C)N. The largest absolute Gasteiger partial charge is 0.330 e. The van der Waals surface area contributed by atoms with Crippen molar-refractivity contribution < 1.29 is 0 Å². The molecule has 1 aromatic heterocycles.